The average Bonchev–Trinajstić information content (AvgIpc) is 2.75. The van der Waals surface area contributed by atoms with Gasteiger partial charge in [0, 0.05) is 55.4 Å². The van der Waals surface area contributed by atoms with E-state index in [0.29, 0.717) is 0 Å². The number of nitrogens with zero attached hydrogens (tertiary/aromatic N) is 1. The van der Waals surface area contributed by atoms with Crippen LogP contribution in [-0.2, 0) is 6.54 Å². The molecule has 1 aromatic carbocycles. The van der Waals surface area contributed by atoms with Gasteiger partial charge >= 0.3 is 0 Å². The second-order valence-corrected chi connectivity index (χ2v) is 5.17. The fourth-order valence-electron chi connectivity index (χ4n) is 2.79. The molecule has 2 aromatic rings. The molecule has 0 bridgehead atoms. The minimum absolute atomic E-state index is 0.905. The highest BCUT2D eigenvalue weighted by Gasteiger charge is 2.15. The molecule has 19 heavy (non-hydrogen) atoms. The van der Waals surface area contributed by atoms with Crippen molar-refractivity contribution < 1.29 is 4.74 Å². The zero-order valence-electron chi connectivity index (χ0n) is 11.6. The van der Waals surface area contributed by atoms with Crippen LogP contribution in [0.15, 0.2) is 18.2 Å². The molecule has 0 spiro atoms. The van der Waals surface area contributed by atoms with E-state index >= 15 is 0 Å². The minimum Gasteiger partial charge on any atom is -0.497 e. The zero-order chi connectivity index (χ0) is 13.2. The number of ether oxygens (including phenoxy) is 1. The lowest BCUT2D eigenvalue weighted by Gasteiger charge is -2.27. The number of hydrogen-bond acceptors (Lipinski definition) is 3. The summed E-state index contributed by atoms with van der Waals surface area (Å²) >= 11 is 0. The normalized spacial score (nSPS) is 16.9. The smallest absolute Gasteiger partial charge is 0.120 e. The fraction of sp³-hybridized carbons (Fsp3) is 0.467. The SMILES string of the molecule is COc1ccc2c(CN3CCNCC3)c(C)[nH]c2c1. The molecule has 1 aromatic heterocycles. The van der Waals surface area contributed by atoms with E-state index in [-0.39, 0.29) is 0 Å². The number of aryl methyl sites for hydroxylation is 1. The van der Waals surface area contributed by atoms with Crippen LogP contribution >= 0.6 is 0 Å². The number of piperazine rings is 1. The zero-order valence-corrected chi connectivity index (χ0v) is 11.6. The summed E-state index contributed by atoms with van der Waals surface area (Å²) < 4.78 is 5.28. The number of benzene rings is 1. The van der Waals surface area contributed by atoms with Gasteiger partial charge in [-0.15, -0.1) is 0 Å². The third-order valence-corrected chi connectivity index (χ3v) is 3.92. The van der Waals surface area contributed by atoms with Crippen molar-refractivity contribution >= 4 is 10.9 Å². The van der Waals surface area contributed by atoms with Crippen molar-refractivity contribution in [3.05, 3.63) is 29.5 Å². The molecule has 102 valence electrons. The summed E-state index contributed by atoms with van der Waals surface area (Å²) in [6, 6.07) is 6.27. The van der Waals surface area contributed by atoms with Crippen molar-refractivity contribution in [1.29, 1.82) is 0 Å². The fourth-order valence-corrected chi connectivity index (χ4v) is 2.79. The van der Waals surface area contributed by atoms with Crippen LogP contribution in [0.25, 0.3) is 10.9 Å². The molecule has 0 radical (unpaired) electrons. The van der Waals surface area contributed by atoms with Gasteiger partial charge in [-0.2, -0.15) is 0 Å². The summed E-state index contributed by atoms with van der Waals surface area (Å²) in [7, 11) is 1.71. The van der Waals surface area contributed by atoms with Gasteiger partial charge in [-0.1, -0.05) is 0 Å². The molecular formula is C15H21N3O. The monoisotopic (exact) mass is 259 g/mol. The summed E-state index contributed by atoms with van der Waals surface area (Å²) in [4.78, 5) is 5.98. The number of nitrogens with one attached hydrogen (secondary N) is 2. The predicted molar refractivity (Wildman–Crippen MR) is 77.7 cm³/mol. The van der Waals surface area contributed by atoms with Crippen molar-refractivity contribution in [3.8, 4) is 5.75 Å². The molecule has 3 rings (SSSR count). The minimum atomic E-state index is 0.905. The molecule has 2 heterocycles. The van der Waals surface area contributed by atoms with Crippen molar-refractivity contribution in [2.45, 2.75) is 13.5 Å². The van der Waals surface area contributed by atoms with Crippen LogP contribution in [-0.4, -0.2) is 43.2 Å². The lowest BCUT2D eigenvalue weighted by molar-refractivity contribution is 0.233. The van der Waals surface area contributed by atoms with Crippen molar-refractivity contribution in [1.82, 2.24) is 15.2 Å². The number of H-pyrrole nitrogens is 1. The van der Waals surface area contributed by atoms with Crippen LogP contribution in [0.2, 0.25) is 0 Å². The third kappa shape index (κ3) is 2.46. The highest BCUT2D eigenvalue weighted by molar-refractivity contribution is 5.85. The Kier molecular flexibility index (Phi) is 3.44. The number of rotatable bonds is 3. The van der Waals surface area contributed by atoms with Crippen molar-refractivity contribution in [2.24, 2.45) is 0 Å². The molecular weight excluding hydrogens is 238 g/mol. The Morgan fingerprint density at radius 1 is 1.26 bits per heavy atom. The highest BCUT2D eigenvalue weighted by Crippen LogP contribution is 2.27. The maximum absolute atomic E-state index is 5.28. The van der Waals surface area contributed by atoms with E-state index in [2.05, 4.69) is 34.3 Å². The van der Waals surface area contributed by atoms with Gasteiger partial charge in [-0.05, 0) is 24.6 Å². The Morgan fingerprint density at radius 2 is 2.05 bits per heavy atom. The summed E-state index contributed by atoms with van der Waals surface area (Å²) in [5.41, 5.74) is 3.85. The van der Waals surface area contributed by atoms with E-state index in [0.717, 1.165) is 38.5 Å². The van der Waals surface area contributed by atoms with Crippen LogP contribution in [0.5, 0.6) is 5.75 Å². The number of hydrogen-bond donors (Lipinski definition) is 2. The first kappa shape index (κ1) is 12.5. The first-order valence-corrected chi connectivity index (χ1v) is 6.86. The van der Waals surface area contributed by atoms with E-state index in [1.54, 1.807) is 7.11 Å². The molecule has 4 heteroatoms. The summed E-state index contributed by atoms with van der Waals surface area (Å²) in [6.45, 7) is 7.62. The van der Waals surface area contributed by atoms with Gasteiger partial charge in [-0.3, -0.25) is 4.90 Å². The van der Waals surface area contributed by atoms with Gasteiger partial charge in [0.15, 0.2) is 0 Å². The Hall–Kier alpha value is -1.52. The number of fused-ring (bicyclic) bond motifs is 1. The molecule has 1 aliphatic rings. The predicted octanol–water partition coefficient (Wildman–Crippen LogP) is 1.89. The van der Waals surface area contributed by atoms with Gasteiger partial charge in [0.05, 0.1) is 7.11 Å². The Bertz CT molecular complexity index is 570. The maximum atomic E-state index is 5.28. The van der Waals surface area contributed by atoms with Crippen LogP contribution in [0.1, 0.15) is 11.3 Å². The molecule has 1 aliphatic heterocycles. The van der Waals surface area contributed by atoms with E-state index in [9.17, 15) is 0 Å². The number of aromatic nitrogens is 1. The molecule has 2 N–H and O–H groups in total. The second kappa shape index (κ2) is 5.23. The first-order chi connectivity index (χ1) is 9.28. The molecule has 0 saturated carbocycles. The van der Waals surface area contributed by atoms with Gasteiger partial charge in [-0.25, -0.2) is 0 Å². The maximum Gasteiger partial charge on any atom is 0.120 e. The molecule has 0 aliphatic carbocycles. The summed E-state index contributed by atoms with van der Waals surface area (Å²) in [6.07, 6.45) is 0. The molecule has 1 fully saturated rings. The lowest BCUT2D eigenvalue weighted by atomic mass is 10.1. The van der Waals surface area contributed by atoms with Crippen molar-refractivity contribution in [2.75, 3.05) is 33.3 Å². The van der Waals surface area contributed by atoms with Gasteiger partial charge in [0.25, 0.3) is 0 Å². The Labute approximate surface area is 113 Å². The second-order valence-electron chi connectivity index (χ2n) is 5.17. The summed E-state index contributed by atoms with van der Waals surface area (Å²) in [5, 5.41) is 4.71. The number of methoxy groups -OCH3 is 1. The standard InChI is InChI=1S/C15H21N3O/c1-11-14(10-18-7-5-16-6-8-18)13-4-3-12(19-2)9-15(13)17-11/h3-4,9,16-17H,5-8,10H2,1-2H3. The average molecular weight is 259 g/mol. The summed E-state index contributed by atoms with van der Waals surface area (Å²) in [5.74, 6) is 0.905. The van der Waals surface area contributed by atoms with Crippen molar-refractivity contribution in [3.63, 3.8) is 0 Å². The molecule has 0 unspecified atom stereocenters. The van der Waals surface area contributed by atoms with Crippen LogP contribution < -0.4 is 10.1 Å². The quantitative estimate of drug-likeness (QED) is 0.884. The lowest BCUT2D eigenvalue weighted by Crippen LogP contribution is -2.42. The van der Waals surface area contributed by atoms with Gasteiger partial charge in [0.1, 0.15) is 5.75 Å². The molecule has 4 nitrogen and oxygen atoms in total. The highest BCUT2D eigenvalue weighted by atomic mass is 16.5. The molecule has 0 amide bonds. The first-order valence-electron chi connectivity index (χ1n) is 6.86. The van der Waals surface area contributed by atoms with E-state index < -0.39 is 0 Å². The van der Waals surface area contributed by atoms with E-state index in [1.165, 1.54) is 22.2 Å². The largest absolute Gasteiger partial charge is 0.497 e. The van der Waals surface area contributed by atoms with Crippen LogP contribution in [0.4, 0.5) is 0 Å². The van der Waals surface area contributed by atoms with E-state index in [4.69, 9.17) is 4.74 Å². The topological polar surface area (TPSA) is 40.3 Å². The molecule has 0 atom stereocenters. The number of aromatic amines is 1. The van der Waals surface area contributed by atoms with Crippen LogP contribution in [0, 0.1) is 6.92 Å². The van der Waals surface area contributed by atoms with Gasteiger partial charge < -0.3 is 15.0 Å². The Morgan fingerprint density at radius 3 is 2.79 bits per heavy atom. The third-order valence-electron chi connectivity index (χ3n) is 3.92. The van der Waals surface area contributed by atoms with E-state index in [1.807, 2.05) is 6.07 Å². The van der Waals surface area contributed by atoms with Gasteiger partial charge in [0.2, 0.25) is 0 Å². The Balaban J connectivity index is 1.91. The molecule has 1 saturated heterocycles. The van der Waals surface area contributed by atoms with Crippen LogP contribution in [0.3, 0.4) is 0 Å².